The Kier molecular flexibility index (Phi) is 3.21. The largest absolute Gasteiger partial charge is 0.310 e. The zero-order chi connectivity index (χ0) is 9.26. The molecule has 1 fully saturated rings. The smallest absolute Gasteiger partial charge is 0.119 e. The predicted octanol–water partition coefficient (Wildman–Crippen LogP) is 2.87. The van der Waals surface area contributed by atoms with E-state index in [4.69, 9.17) is 0 Å². The zero-order valence-electron chi connectivity index (χ0n) is 7.06. The van der Waals surface area contributed by atoms with E-state index in [2.05, 4.69) is 54.9 Å². The van der Waals surface area contributed by atoms with Gasteiger partial charge in [-0.3, -0.25) is 0 Å². The van der Waals surface area contributed by atoms with Gasteiger partial charge in [-0.05, 0) is 69.5 Å². The van der Waals surface area contributed by atoms with E-state index in [1.54, 1.807) is 0 Å². The third-order valence-electron chi connectivity index (χ3n) is 2.31. The lowest BCUT2D eigenvalue weighted by atomic mass is 10.1. The summed E-state index contributed by atoms with van der Waals surface area (Å²) < 4.78 is 2.19. The second kappa shape index (κ2) is 4.23. The van der Waals surface area contributed by atoms with Crippen LogP contribution in [0.4, 0.5) is 0 Å². The summed E-state index contributed by atoms with van der Waals surface area (Å²) in [5, 5.41) is 3.49. The summed E-state index contributed by atoms with van der Waals surface area (Å²) in [6.45, 7) is 1.14. The highest BCUT2D eigenvalue weighted by Crippen LogP contribution is 2.29. The summed E-state index contributed by atoms with van der Waals surface area (Å²) in [4.78, 5) is 4.19. The van der Waals surface area contributed by atoms with Gasteiger partial charge in [-0.15, -0.1) is 0 Å². The molecule has 1 atom stereocenters. The molecule has 2 rings (SSSR count). The van der Waals surface area contributed by atoms with Crippen LogP contribution in [0.25, 0.3) is 0 Å². The zero-order valence-corrected chi connectivity index (χ0v) is 10.8. The Bertz CT molecular complexity index is 310. The first-order valence-corrected chi connectivity index (χ1v) is 6.19. The van der Waals surface area contributed by atoms with Crippen molar-refractivity contribution in [3.8, 4) is 0 Å². The first kappa shape index (κ1) is 9.86. The maximum Gasteiger partial charge on any atom is 0.119 e. The van der Waals surface area contributed by atoms with Gasteiger partial charge in [0.2, 0.25) is 0 Å². The van der Waals surface area contributed by atoms with E-state index in [-0.39, 0.29) is 0 Å². The van der Waals surface area contributed by atoms with E-state index >= 15 is 0 Å². The van der Waals surface area contributed by atoms with Crippen LogP contribution in [0, 0.1) is 3.57 Å². The second-order valence-corrected chi connectivity index (χ2v) is 4.98. The molecule has 0 aliphatic carbocycles. The van der Waals surface area contributed by atoms with Crippen molar-refractivity contribution < 1.29 is 0 Å². The fourth-order valence-corrected chi connectivity index (χ4v) is 2.69. The lowest BCUT2D eigenvalue weighted by molar-refractivity contribution is 0.642. The highest BCUT2D eigenvalue weighted by atomic mass is 127. The Morgan fingerprint density at radius 1 is 1.62 bits per heavy atom. The molecule has 4 heteroatoms. The molecule has 2 heterocycles. The summed E-state index contributed by atoms with van der Waals surface area (Å²) in [5.41, 5.74) is 1.37. The van der Waals surface area contributed by atoms with Gasteiger partial charge in [-0.2, -0.15) is 0 Å². The molecule has 1 saturated heterocycles. The van der Waals surface area contributed by atoms with E-state index in [9.17, 15) is 0 Å². The van der Waals surface area contributed by atoms with Gasteiger partial charge in [0.1, 0.15) is 4.60 Å². The van der Waals surface area contributed by atoms with Gasteiger partial charge in [0.05, 0.1) is 3.57 Å². The van der Waals surface area contributed by atoms with E-state index in [1.165, 1.54) is 22.0 Å². The monoisotopic (exact) mass is 352 g/mol. The van der Waals surface area contributed by atoms with Gasteiger partial charge in [-0.1, -0.05) is 0 Å². The van der Waals surface area contributed by atoms with Crippen molar-refractivity contribution in [3.05, 3.63) is 26.0 Å². The lowest BCUT2D eigenvalue weighted by Crippen LogP contribution is -2.14. The molecule has 0 unspecified atom stereocenters. The van der Waals surface area contributed by atoms with Gasteiger partial charge in [0.15, 0.2) is 0 Å². The van der Waals surface area contributed by atoms with E-state index in [0.29, 0.717) is 6.04 Å². The van der Waals surface area contributed by atoms with E-state index in [1.807, 2.05) is 6.20 Å². The van der Waals surface area contributed by atoms with Gasteiger partial charge in [0.25, 0.3) is 0 Å². The van der Waals surface area contributed by atoms with Crippen molar-refractivity contribution in [3.63, 3.8) is 0 Å². The number of pyridine rings is 1. The van der Waals surface area contributed by atoms with Gasteiger partial charge in [-0.25, -0.2) is 4.98 Å². The molecule has 2 nitrogen and oxygen atoms in total. The van der Waals surface area contributed by atoms with Crippen LogP contribution in [0.2, 0.25) is 0 Å². The SMILES string of the molecule is Brc1nccc([C@@H]2CCCN2)c1I. The minimum atomic E-state index is 0.534. The number of aromatic nitrogens is 1. The Balaban J connectivity index is 2.33. The van der Waals surface area contributed by atoms with E-state index in [0.717, 1.165) is 11.1 Å². The van der Waals surface area contributed by atoms with Crippen molar-refractivity contribution in [2.45, 2.75) is 18.9 Å². The van der Waals surface area contributed by atoms with Crippen molar-refractivity contribution in [1.82, 2.24) is 10.3 Å². The Morgan fingerprint density at radius 3 is 3.15 bits per heavy atom. The summed E-state index contributed by atoms with van der Waals surface area (Å²) in [5.74, 6) is 0. The average molecular weight is 353 g/mol. The molecular formula is C9H10BrIN2. The maximum atomic E-state index is 4.19. The molecule has 0 aromatic carbocycles. The summed E-state index contributed by atoms with van der Waals surface area (Å²) in [6, 6.07) is 2.64. The molecule has 0 bridgehead atoms. The highest BCUT2D eigenvalue weighted by Gasteiger charge is 2.19. The second-order valence-electron chi connectivity index (χ2n) is 3.15. The molecule has 1 aliphatic heterocycles. The number of hydrogen-bond donors (Lipinski definition) is 1. The van der Waals surface area contributed by atoms with Crippen LogP contribution in [-0.2, 0) is 0 Å². The van der Waals surface area contributed by atoms with Crippen LogP contribution in [0.3, 0.4) is 0 Å². The number of halogens is 2. The number of nitrogens with zero attached hydrogens (tertiary/aromatic N) is 1. The summed E-state index contributed by atoms with van der Waals surface area (Å²) in [6.07, 6.45) is 4.38. The maximum absolute atomic E-state index is 4.19. The molecule has 1 aromatic rings. The van der Waals surface area contributed by atoms with Crippen molar-refractivity contribution in [2.24, 2.45) is 0 Å². The summed E-state index contributed by atoms with van der Waals surface area (Å²) in [7, 11) is 0. The molecule has 0 amide bonds. The fourth-order valence-electron chi connectivity index (χ4n) is 1.65. The lowest BCUT2D eigenvalue weighted by Gasteiger charge is -2.12. The number of nitrogens with one attached hydrogen (secondary N) is 1. The topological polar surface area (TPSA) is 24.9 Å². The Hall–Kier alpha value is 0.320. The van der Waals surface area contributed by atoms with Gasteiger partial charge >= 0.3 is 0 Å². The normalized spacial score (nSPS) is 22.2. The van der Waals surface area contributed by atoms with Crippen LogP contribution in [0.5, 0.6) is 0 Å². The van der Waals surface area contributed by atoms with Crippen LogP contribution in [0.1, 0.15) is 24.4 Å². The van der Waals surface area contributed by atoms with Crippen molar-refractivity contribution in [1.29, 1.82) is 0 Å². The standard InChI is InChI=1S/C9H10BrIN2/c10-9-8(11)6(3-5-13-9)7-2-1-4-12-7/h3,5,7,12H,1-2,4H2/t7-/m0/s1. The third-order valence-corrected chi connectivity index (χ3v) is 4.79. The molecule has 0 radical (unpaired) electrons. The van der Waals surface area contributed by atoms with Crippen molar-refractivity contribution in [2.75, 3.05) is 6.54 Å². The van der Waals surface area contributed by atoms with Crippen LogP contribution >= 0.6 is 38.5 Å². The molecule has 1 aromatic heterocycles. The van der Waals surface area contributed by atoms with Crippen LogP contribution in [0.15, 0.2) is 16.9 Å². The number of rotatable bonds is 1. The Morgan fingerprint density at radius 2 is 2.46 bits per heavy atom. The highest BCUT2D eigenvalue weighted by molar-refractivity contribution is 14.1. The Labute approximate surface area is 99.8 Å². The number of hydrogen-bond acceptors (Lipinski definition) is 2. The van der Waals surface area contributed by atoms with Crippen LogP contribution in [-0.4, -0.2) is 11.5 Å². The van der Waals surface area contributed by atoms with E-state index < -0.39 is 0 Å². The minimum absolute atomic E-state index is 0.534. The predicted molar refractivity (Wildman–Crippen MR) is 64.6 cm³/mol. The fraction of sp³-hybridized carbons (Fsp3) is 0.444. The molecule has 0 saturated carbocycles. The quantitative estimate of drug-likeness (QED) is 0.621. The molecular weight excluding hydrogens is 343 g/mol. The molecule has 13 heavy (non-hydrogen) atoms. The first-order valence-electron chi connectivity index (χ1n) is 4.32. The molecule has 70 valence electrons. The van der Waals surface area contributed by atoms with Crippen LogP contribution < -0.4 is 5.32 Å². The first-order chi connectivity index (χ1) is 6.29. The molecule has 1 N–H and O–H groups in total. The minimum Gasteiger partial charge on any atom is -0.310 e. The van der Waals surface area contributed by atoms with Gasteiger partial charge < -0.3 is 5.32 Å². The summed E-state index contributed by atoms with van der Waals surface area (Å²) >= 11 is 5.79. The van der Waals surface area contributed by atoms with Gasteiger partial charge in [0, 0.05) is 12.2 Å². The third kappa shape index (κ3) is 2.05. The molecule has 1 aliphatic rings. The average Bonchev–Trinajstić information content (AvgIpc) is 2.62. The van der Waals surface area contributed by atoms with Crippen molar-refractivity contribution >= 4 is 38.5 Å². The molecule has 0 spiro atoms.